The molecule has 1 amide bonds. The Morgan fingerprint density at radius 1 is 1.30 bits per heavy atom. The Balaban J connectivity index is 2.43. The van der Waals surface area contributed by atoms with E-state index in [-0.39, 0.29) is 35.2 Å². The molecule has 0 fully saturated rings. The van der Waals surface area contributed by atoms with Gasteiger partial charge in [-0.15, -0.1) is 0 Å². The smallest absolute Gasteiger partial charge is 0.336 e. The molecule has 0 unspecified atom stereocenters. The normalized spacial score (nSPS) is 13.2. The molecule has 2 heterocycles. The highest BCUT2D eigenvalue weighted by atomic mass is 16.5. The lowest BCUT2D eigenvalue weighted by atomic mass is 10.0. The summed E-state index contributed by atoms with van der Waals surface area (Å²) in [4.78, 5) is 34.7. The first-order valence-corrected chi connectivity index (χ1v) is 6.02. The predicted molar refractivity (Wildman–Crippen MR) is 71.4 cm³/mol. The van der Waals surface area contributed by atoms with Crippen molar-refractivity contribution < 1.29 is 18.7 Å². The van der Waals surface area contributed by atoms with E-state index < -0.39 is 5.63 Å². The largest absolute Gasteiger partial charge is 0.482 e. The summed E-state index contributed by atoms with van der Waals surface area (Å²) in [5.41, 5.74) is 0.978. The maximum atomic E-state index is 11.9. The third-order valence-electron chi connectivity index (χ3n) is 3.13. The number of hydrogen-bond donors (Lipinski definition) is 1. The van der Waals surface area contributed by atoms with Crippen LogP contribution in [0, 0.1) is 6.92 Å². The fraction of sp³-hybridized carbons (Fsp3) is 0.214. The van der Waals surface area contributed by atoms with Gasteiger partial charge in [-0.25, -0.2) is 4.79 Å². The number of aryl methyl sites for hydroxylation is 1. The molecule has 3 rings (SSSR count). The van der Waals surface area contributed by atoms with Gasteiger partial charge in [0.05, 0.1) is 5.69 Å². The van der Waals surface area contributed by atoms with Crippen LogP contribution in [0.3, 0.4) is 0 Å². The SMILES string of the molecule is CC(=O)Nc1cc2c(C)cc(=O)oc2c2c1OCC2=O. The molecular weight excluding hydrogens is 262 g/mol. The number of Topliss-reactive ketones (excluding diaryl/α,β-unsaturated/α-hetero) is 1. The lowest BCUT2D eigenvalue weighted by molar-refractivity contribution is -0.114. The van der Waals surface area contributed by atoms with Gasteiger partial charge in [0.1, 0.15) is 5.56 Å². The maximum absolute atomic E-state index is 11.9. The topological polar surface area (TPSA) is 85.6 Å². The van der Waals surface area contributed by atoms with E-state index in [0.29, 0.717) is 16.6 Å². The zero-order valence-electron chi connectivity index (χ0n) is 10.9. The second kappa shape index (κ2) is 4.19. The van der Waals surface area contributed by atoms with Crippen LogP contribution in [0.5, 0.6) is 5.75 Å². The highest BCUT2D eigenvalue weighted by Crippen LogP contribution is 2.40. The fourth-order valence-corrected chi connectivity index (χ4v) is 2.33. The number of carbonyl (C=O) groups excluding carboxylic acids is 2. The summed E-state index contributed by atoms with van der Waals surface area (Å²) in [5, 5.41) is 3.23. The van der Waals surface area contributed by atoms with Crippen molar-refractivity contribution in [3.63, 3.8) is 0 Å². The minimum Gasteiger partial charge on any atom is -0.482 e. The van der Waals surface area contributed by atoms with Gasteiger partial charge in [0.15, 0.2) is 17.9 Å². The zero-order valence-corrected chi connectivity index (χ0v) is 10.9. The minimum atomic E-state index is -0.524. The highest BCUT2D eigenvalue weighted by Gasteiger charge is 2.29. The van der Waals surface area contributed by atoms with Gasteiger partial charge < -0.3 is 14.5 Å². The van der Waals surface area contributed by atoms with Crippen molar-refractivity contribution in [1.82, 2.24) is 0 Å². The summed E-state index contributed by atoms with van der Waals surface area (Å²) in [6.07, 6.45) is 0. The van der Waals surface area contributed by atoms with E-state index in [9.17, 15) is 14.4 Å². The van der Waals surface area contributed by atoms with Gasteiger partial charge in [0.25, 0.3) is 0 Å². The first kappa shape index (κ1) is 12.4. The Bertz CT molecular complexity index is 818. The van der Waals surface area contributed by atoms with Gasteiger partial charge in [-0.1, -0.05) is 0 Å². The van der Waals surface area contributed by atoms with Gasteiger partial charge in [0, 0.05) is 18.4 Å². The number of carbonyl (C=O) groups is 2. The standard InChI is InChI=1S/C14H11NO5/c1-6-3-11(18)20-13-8(6)4-9(15-7(2)16)14-12(13)10(17)5-19-14/h3-4H,5H2,1-2H3,(H,15,16). The average molecular weight is 273 g/mol. The molecule has 1 aliphatic heterocycles. The van der Waals surface area contributed by atoms with Gasteiger partial charge >= 0.3 is 5.63 Å². The molecule has 6 heteroatoms. The highest BCUT2D eigenvalue weighted by molar-refractivity contribution is 6.14. The Morgan fingerprint density at radius 3 is 2.75 bits per heavy atom. The van der Waals surface area contributed by atoms with Crippen molar-refractivity contribution in [2.24, 2.45) is 0 Å². The van der Waals surface area contributed by atoms with Crippen molar-refractivity contribution >= 4 is 28.3 Å². The molecule has 0 atom stereocenters. The van der Waals surface area contributed by atoms with Crippen LogP contribution in [0.4, 0.5) is 5.69 Å². The molecule has 1 aromatic carbocycles. The molecule has 6 nitrogen and oxygen atoms in total. The lowest BCUT2D eigenvalue weighted by Crippen LogP contribution is -2.08. The van der Waals surface area contributed by atoms with Crippen LogP contribution in [0.1, 0.15) is 22.8 Å². The van der Waals surface area contributed by atoms with Crippen LogP contribution < -0.4 is 15.7 Å². The quantitative estimate of drug-likeness (QED) is 0.798. The predicted octanol–water partition coefficient (Wildman–Crippen LogP) is 1.63. The van der Waals surface area contributed by atoms with Crippen molar-refractivity contribution in [1.29, 1.82) is 0 Å². The van der Waals surface area contributed by atoms with Crippen LogP contribution in [-0.4, -0.2) is 18.3 Å². The molecule has 1 N–H and O–H groups in total. The monoisotopic (exact) mass is 273 g/mol. The van der Waals surface area contributed by atoms with Gasteiger partial charge in [-0.3, -0.25) is 9.59 Å². The van der Waals surface area contributed by atoms with Crippen molar-refractivity contribution in [2.75, 3.05) is 11.9 Å². The van der Waals surface area contributed by atoms with E-state index in [1.165, 1.54) is 13.0 Å². The van der Waals surface area contributed by atoms with E-state index in [1.54, 1.807) is 13.0 Å². The van der Waals surface area contributed by atoms with E-state index in [1.807, 2.05) is 0 Å². The van der Waals surface area contributed by atoms with Crippen LogP contribution >= 0.6 is 0 Å². The molecule has 20 heavy (non-hydrogen) atoms. The average Bonchev–Trinajstić information content (AvgIpc) is 2.73. The fourth-order valence-electron chi connectivity index (χ4n) is 2.33. The van der Waals surface area contributed by atoms with Crippen LogP contribution in [0.25, 0.3) is 11.0 Å². The number of amides is 1. The molecule has 0 spiro atoms. The molecule has 0 aliphatic carbocycles. The summed E-state index contributed by atoms with van der Waals surface area (Å²) >= 11 is 0. The number of nitrogens with one attached hydrogen (secondary N) is 1. The minimum absolute atomic E-state index is 0.126. The molecular formula is C14H11NO5. The summed E-state index contributed by atoms with van der Waals surface area (Å²) in [5.74, 6) is -0.290. The number of benzene rings is 1. The van der Waals surface area contributed by atoms with E-state index >= 15 is 0 Å². The van der Waals surface area contributed by atoms with E-state index in [2.05, 4.69) is 5.32 Å². The molecule has 0 saturated heterocycles. The van der Waals surface area contributed by atoms with E-state index in [0.717, 1.165) is 0 Å². The number of ether oxygens (including phenoxy) is 1. The number of ketones is 1. The molecule has 2 aromatic rings. The molecule has 0 bridgehead atoms. The first-order valence-electron chi connectivity index (χ1n) is 6.02. The lowest BCUT2D eigenvalue weighted by Gasteiger charge is -2.10. The molecule has 0 saturated carbocycles. The van der Waals surface area contributed by atoms with Gasteiger partial charge in [-0.2, -0.15) is 0 Å². The van der Waals surface area contributed by atoms with Crippen molar-refractivity contribution in [3.05, 3.63) is 33.7 Å². The molecule has 102 valence electrons. The third-order valence-corrected chi connectivity index (χ3v) is 3.13. The number of rotatable bonds is 1. The summed E-state index contributed by atoms with van der Waals surface area (Å²) < 4.78 is 10.5. The summed E-state index contributed by atoms with van der Waals surface area (Å²) in [6.45, 7) is 2.98. The Morgan fingerprint density at radius 2 is 2.05 bits per heavy atom. The first-order chi connectivity index (χ1) is 9.47. The van der Waals surface area contributed by atoms with Crippen LogP contribution in [0.15, 0.2) is 21.3 Å². The van der Waals surface area contributed by atoms with Crippen molar-refractivity contribution in [3.8, 4) is 5.75 Å². The third kappa shape index (κ3) is 1.77. The molecule has 1 aromatic heterocycles. The second-order valence-electron chi connectivity index (χ2n) is 4.65. The second-order valence-corrected chi connectivity index (χ2v) is 4.65. The zero-order chi connectivity index (χ0) is 14.4. The van der Waals surface area contributed by atoms with Gasteiger partial charge in [-0.05, 0) is 18.6 Å². The number of anilines is 1. The maximum Gasteiger partial charge on any atom is 0.336 e. The summed E-state index contributed by atoms with van der Waals surface area (Å²) in [6, 6.07) is 2.99. The molecule has 0 radical (unpaired) electrons. The number of hydrogen-bond acceptors (Lipinski definition) is 5. The van der Waals surface area contributed by atoms with Gasteiger partial charge in [0.2, 0.25) is 11.7 Å². The molecule has 1 aliphatic rings. The summed E-state index contributed by atoms with van der Waals surface area (Å²) in [7, 11) is 0. The van der Waals surface area contributed by atoms with Crippen LogP contribution in [-0.2, 0) is 4.79 Å². The van der Waals surface area contributed by atoms with E-state index in [4.69, 9.17) is 9.15 Å². The van der Waals surface area contributed by atoms with Crippen LogP contribution in [0.2, 0.25) is 0 Å². The number of fused-ring (bicyclic) bond motifs is 3. The Labute approximate surface area is 113 Å². The van der Waals surface area contributed by atoms with Crippen molar-refractivity contribution in [2.45, 2.75) is 13.8 Å². The Hall–Kier alpha value is -2.63. The Kier molecular flexibility index (Phi) is 2.60.